The van der Waals surface area contributed by atoms with E-state index in [0.29, 0.717) is 31.6 Å². The summed E-state index contributed by atoms with van der Waals surface area (Å²) in [5.74, 6) is 4.88. The molecule has 1 aliphatic heterocycles. The Bertz CT molecular complexity index is 807. The quantitative estimate of drug-likeness (QED) is 0.458. The average molecular weight is 478 g/mol. The summed E-state index contributed by atoms with van der Waals surface area (Å²) >= 11 is 7.83. The van der Waals surface area contributed by atoms with Crippen molar-refractivity contribution >= 4 is 23.4 Å². The van der Waals surface area contributed by atoms with Gasteiger partial charge in [0.2, 0.25) is 0 Å². The number of aliphatic hydroxyl groups is 1. The molecule has 1 heterocycles. The number of β-amino-alcohol motifs (C(OH)–C–C–N with tert-alkyl or cyclic N) is 1. The number of hydrogen-bond acceptors (Lipinski definition) is 5. The lowest BCUT2D eigenvalue weighted by molar-refractivity contribution is 0.0715. The molecule has 0 bridgehead atoms. The van der Waals surface area contributed by atoms with Gasteiger partial charge >= 0.3 is 0 Å². The van der Waals surface area contributed by atoms with E-state index < -0.39 is 6.10 Å². The topological polar surface area (TPSA) is 41.9 Å². The molecule has 1 saturated heterocycles. The number of halogens is 1. The summed E-state index contributed by atoms with van der Waals surface area (Å²) in [6.07, 6.45) is -0.470. The fraction of sp³-hybridized carbons (Fsp3) is 0.538. The fourth-order valence-electron chi connectivity index (χ4n) is 3.71. The van der Waals surface area contributed by atoms with E-state index in [2.05, 4.69) is 49.9 Å². The minimum absolute atomic E-state index is 0.147. The number of benzene rings is 2. The Morgan fingerprint density at radius 2 is 1.44 bits per heavy atom. The van der Waals surface area contributed by atoms with Crippen LogP contribution in [0.15, 0.2) is 48.5 Å². The van der Waals surface area contributed by atoms with Crippen molar-refractivity contribution in [1.29, 1.82) is 0 Å². The largest absolute Gasteiger partial charge is 0.493 e. The van der Waals surface area contributed by atoms with Crippen molar-refractivity contribution in [2.75, 3.05) is 50.2 Å². The number of alkyl halides is 1. The smallest absolute Gasteiger partial charge is 0.119 e. The highest BCUT2D eigenvalue weighted by atomic mass is 35.5. The molecule has 2 aromatic carbocycles. The summed E-state index contributed by atoms with van der Waals surface area (Å²) in [6, 6.07) is 16.5. The van der Waals surface area contributed by atoms with Gasteiger partial charge in [0, 0.05) is 48.4 Å². The minimum Gasteiger partial charge on any atom is -0.493 e. The first-order valence-electron chi connectivity index (χ1n) is 11.4. The molecule has 0 spiro atoms. The third-order valence-corrected chi connectivity index (χ3v) is 7.43. The van der Waals surface area contributed by atoms with Crippen LogP contribution in [0.3, 0.4) is 0 Å². The molecule has 0 aliphatic carbocycles. The molecule has 0 unspecified atom stereocenters. The van der Waals surface area contributed by atoms with Gasteiger partial charge in [-0.2, -0.15) is 11.8 Å². The van der Waals surface area contributed by atoms with Crippen LogP contribution >= 0.6 is 23.4 Å². The highest BCUT2D eigenvalue weighted by Crippen LogP contribution is 2.33. The van der Waals surface area contributed by atoms with E-state index in [1.54, 1.807) is 0 Å². The van der Waals surface area contributed by atoms with Crippen molar-refractivity contribution in [2.45, 2.75) is 32.3 Å². The standard InChI is InChI=1S/C26H36ClNO3S/c1-20(16-27)18-30-24-8-4-21(5-9-24)26(2,3)22-6-10-25(11-7-22)31-19-23(29)17-28-12-14-32-15-13-28/h4-11,20,23,29H,12-19H2,1-3H3/t20-,23-/m0/s1. The summed E-state index contributed by atoms with van der Waals surface area (Å²) in [5.41, 5.74) is 2.28. The van der Waals surface area contributed by atoms with Gasteiger partial charge in [-0.1, -0.05) is 45.0 Å². The summed E-state index contributed by atoms with van der Waals surface area (Å²) in [7, 11) is 0. The van der Waals surface area contributed by atoms with Gasteiger partial charge in [0.1, 0.15) is 24.2 Å². The molecule has 0 aromatic heterocycles. The van der Waals surface area contributed by atoms with E-state index in [1.807, 2.05) is 36.0 Å². The normalized spacial score (nSPS) is 17.0. The third-order valence-electron chi connectivity index (χ3n) is 5.96. The lowest BCUT2D eigenvalue weighted by Gasteiger charge is -2.28. The molecular formula is C26H36ClNO3S. The highest BCUT2D eigenvalue weighted by molar-refractivity contribution is 7.99. The van der Waals surface area contributed by atoms with Gasteiger partial charge in [0.25, 0.3) is 0 Å². The first-order chi connectivity index (χ1) is 15.4. The van der Waals surface area contributed by atoms with Crippen molar-refractivity contribution in [3.8, 4) is 11.5 Å². The van der Waals surface area contributed by atoms with Gasteiger partial charge in [-0.05, 0) is 35.4 Å². The molecule has 0 saturated carbocycles. The van der Waals surface area contributed by atoms with Crippen LogP contribution in [0.4, 0.5) is 0 Å². The van der Waals surface area contributed by atoms with Crippen LogP contribution in [0.1, 0.15) is 31.9 Å². The van der Waals surface area contributed by atoms with Crippen LogP contribution in [-0.2, 0) is 5.41 Å². The molecule has 3 rings (SSSR count). The molecule has 0 amide bonds. The van der Waals surface area contributed by atoms with Crippen molar-refractivity contribution in [3.63, 3.8) is 0 Å². The van der Waals surface area contributed by atoms with E-state index in [4.69, 9.17) is 21.1 Å². The predicted octanol–water partition coefficient (Wildman–Crippen LogP) is 5.05. The van der Waals surface area contributed by atoms with E-state index in [0.717, 1.165) is 36.1 Å². The van der Waals surface area contributed by atoms with Crippen molar-refractivity contribution in [1.82, 2.24) is 4.90 Å². The Morgan fingerprint density at radius 3 is 1.94 bits per heavy atom. The van der Waals surface area contributed by atoms with Gasteiger partial charge in [-0.15, -0.1) is 11.6 Å². The summed E-state index contributed by atoms with van der Waals surface area (Å²) in [5, 5.41) is 10.3. The fourth-order valence-corrected chi connectivity index (χ4v) is 4.78. The molecule has 4 nitrogen and oxygen atoms in total. The Labute approximate surface area is 202 Å². The SMILES string of the molecule is C[C@@H](CCl)COc1ccc(C(C)(C)c2ccc(OC[C@@H](O)CN3CCSCC3)cc2)cc1. The second kappa shape index (κ2) is 12.2. The van der Waals surface area contributed by atoms with E-state index in [1.165, 1.54) is 11.1 Å². The first-order valence-corrected chi connectivity index (χ1v) is 13.1. The van der Waals surface area contributed by atoms with E-state index in [-0.39, 0.29) is 5.41 Å². The Hall–Kier alpha value is -1.40. The van der Waals surface area contributed by atoms with E-state index >= 15 is 0 Å². The van der Waals surface area contributed by atoms with Crippen molar-refractivity contribution < 1.29 is 14.6 Å². The van der Waals surface area contributed by atoms with Crippen LogP contribution in [0.2, 0.25) is 0 Å². The van der Waals surface area contributed by atoms with Gasteiger partial charge < -0.3 is 14.6 Å². The maximum absolute atomic E-state index is 10.3. The zero-order valence-corrected chi connectivity index (χ0v) is 21.0. The second-order valence-electron chi connectivity index (χ2n) is 9.12. The Morgan fingerprint density at radius 1 is 0.938 bits per heavy atom. The molecule has 1 aliphatic rings. The molecule has 1 N–H and O–H groups in total. The molecular weight excluding hydrogens is 442 g/mol. The van der Waals surface area contributed by atoms with Crippen LogP contribution in [-0.4, -0.2) is 66.3 Å². The predicted molar refractivity (Wildman–Crippen MR) is 136 cm³/mol. The number of ether oxygens (including phenoxy) is 2. The summed E-state index contributed by atoms with van der Waals surface area (Å²) in [6.45, 7) is 10.2. The number of aliphatic hydroxyl groups excluding tert-OH is 1. The molecule has 6 heteroatoms. The monoisotopic (exact) mass is 477 g/mol. The van der Waals surface area contributed by atoms with Crippen LogP contribution in [0.25, 0.3) is 0 Å². The molecule has 32 heavy (non-hydrogen) atoms. The number of nitrogens with zero attached hydrogens (tertiary/aromatic N) is 1. The van der Waals surface area contributed by atoms with Crippen LogP contribution in [0.5, 0.6) is 11.5 Å². The number of rotatable bonds is 11. The average Bonchev–Trinajstić information content (AvgIpc) is 2.82. The van der Waals surface area contributed by atoms with Crippen molar-refractivity contribution in [3.05, 3.63) is 59.7 Å². The zero-order valence-electron chi connectivity index (χ0n) is 19.4. The maximum Gasteiger partial charge on any atom is 0.119 e. The molecule has 1 fully saturated rings. The van der Waals surface area contributed by atoms with Crippen LogP contribution in [0, 0.1) is 5.92 Å². The summed E-state index contributed by atoms with van der Waals surface area (Å²) < 4.78 is 11.7. The Balaban J connectivity index is 1.53. The zero-order chi connectivity index (χ0) is 23.0. The third kappa shape index (κ3) is 7.31. The molecule has 176 valence electrons. The highest BCUT2D eigenvalue weighted by Gasteiger charge is 2.23. The maximum atomic E-state index is 10.3. The molecule has 2 aromatic rings. The molecule has 0 radical (unpaired) electrons. The lowest BCUT2D eigenvalue weighted by Crippen LogP contribution is -2.40. The second-order valence-corrected chi connectivity index (χ2v) is 10.7. The van der Waals surface area contributed by atoms with E-state index in [9.17, 15) is 5.11 Å². The van der Waals surface area contributed by atoms with Gasteiger partial charge in [0.05, 0.1) is 6.61 Å². The van der Waals surface area contributed by atoms with Gasteiger partial charge in [-0.3, -0.25) is 4.90 Å². The Kier molecular flexibility index (Phi) is 9.60. The van der Waals surface area contributed by atoms with Crippen molar-refractivity contribution in [2.24, 2.45) is 5.92 Å². The molecule has 2 atom stereocenters. The van der Waals surface area contributed by atoms with Crippen LogP contribution < -0.4 is 9.47 Å². The first kappa shape index (κ1) is 25.2. The summed E-state index contributed by atoms with van der Waals surface area (Å²) in [4.78, 5) is 2.31. The minimum atomic E-state index is -0.470. The number of thioether (sulfide) groups is 1. The number of hydrogen-bond donors (Lipinski definition) is 1. The van der Waals surface area contributed by atoms with Gasteiger partial charge in [-0.25, -0.2) is 0 Å². The lowest BCUT2D eigenvalue weighted by atomic mass is 9.78. The van der Waals surface area contributed by atoms with Gasteiger partial charge in [0.15, 0.2) is 0 Å².